The molecule has 0 aliphatic rings. The highest BCUT2D eigenvalue weighted by Gasteiger charge is 2.06. The molecule has 0 unspecified atom stereocenters. The molecule has 2 rings (SSSR count). The molecule has 1 heterocycles. The molecule has 0 bridgehead atoms. The van der Waals surface area contributed by atoms with Gasteiger partial charge in [-0.05, 0) is 18.7 Å². The lowest BCUT2D eigenvalue weighted by Crippen LogP contribution is -2.14. The number of fused-ring (bicyclic) bond motifs is 1. The summed E-state index contributed by atoms with van der Waals surface area (Å²) in [5.74, 6) is 0.508. The summed E-state index contributed by atoms with van der Waals surface area (Å²) in [5, 5.41) is 9.93. The van der Waals surface area contributed by atoms with Gasteiger partial charge in [-0.2, -0.15) is 0 Å². The quantitative estimate of drug-likeness (QED) is 0.649. The maximum Gasteiger partial charge on any atom is 0.258 e. The number of aromatic nitrogens is 2. The van der Waals surface area contributed by atoms with Crippen LogP contribution in [0.4, 0.5) is 0 Å². The number of aromatic amines is 1. The molecule has 0 saturated heterocycles. The number of nitrogens with zero attached hydrogens (tertiary/aromatic N) is 1. The van der Waals surface area contributed by atoms with Crippen molar-refractivity contribution in [3.05, 3.63) is 34.4 Å². The first-order chi connectivity index (χ1) is 7.22. The lowest BCUT2D eigenvalue weighted by atomic mass is 10.2. The summed E-state index contributed by atoms with van der Waals surface area (Å²) in [6.45, 7) is 0.405. The molecule has 5 heteroatoms. The van der Waals surface area contributed by atoms with Gasteiger partial charge in [0.25, 0.3) is 5.56 Å². The van der Waals surface area contributed by atoms with Crippen LogP contribution in [0.25, 0.3) is 10.9 Å². The molecule has 2 aromatic rings. The fraction of sp³-hybridized carbons (Fsp3) is 0.200. The van der Waals surface area contributed by atoms with Crippen LogP contribution in [-0.2, 0) is 6.42 Å². The minimum Gasteiger partial charge on any atom is -0.506 e. The normalized spacial score (nSPS) is 10.7. The highest BCUT2D eigenvalue weighted by molar-refractivity contribution is 5.83. The van der Waals surface area contributed by atoms with Crippen LogP contribution < -0.4 is 11.3 Å². The van der Waals surface area contributed by atoms with E-state index in [4.69, 9.17) is 5.73 Å². The third-order valence-corrected chi connectivity index (χ3v) is 2.15. The zero-order valence-electron chi connectivity index (χ0n) is 8.03. The largest absolute Gasteiger partial charge is 0.506 e. The van der Waals surface area contributed by atoms with Gasteiger partial charge in [-0.25, -0.2) is 4.98 Å². The van der Waals surface area contributed by atoms with Crippen molar-refractivity contribution >= 4 is 10.9 Å². The standard InChI is InChI=1S/C10H11N3O2/c11-5-4-8-12-9-6(10(15)13-8)2-1-3-7(9)14/h1-3,14H,4-5,11H2,(H,12,13,15). The monoisotopic (exact) mass is 205 g/mol. The Hall–Kier alpha value is -1.88. The number of phenols is 1. The van der Waals surface area contributed by atoms with Crippen molar-refractivity contribution in [1.82, 2.24) is 9.97 Å². The van der Waals surface area contributed by atoms with Crippen LogP contribution in [0, 0.1) is 0 Å². The second kappa shape index (κ2) is 3.70. The van der Waals surface area contributed by atoms with Crippen LogP contribution in [-0.4, -0.2) is 21.6 Å². The van der Waals surface area contributed by atoms with Gasteiger partial charge in [0, 0.05) is 6.42 Å². The number of nitrogens with two attached hydrogens (primary N) is 1. The molecule has 0 aliphatic heterocycles. The van der Waals surface area contributed by atoms with Crippen LogP contribution >= 0.6 is 0 Å². The number of hydrogen-bond donors (Lipinski definition) is 3. The Kier molecular flexibility index (Phi) is 2.39. The number of hydrogen-bond acceptors (Lipinski definition) is 4. The number of para-hydroxylation sites is 1. The van der Waals surface area contributed by atoms with E-state index < -0.39 is 0 Å². The van der Waals surface area contributed by atoms with E-state index in [0.29, 0.717) is 29.7 Å². The molecule has 0 radical (unpaired) electrons. The Bertz CT molecular complexity index is 548. The zero-order chi connectivity index (χ0) is 10.8. The van der Waals surface area contributed by atoms with Gasteiger partial charge in [-0.3, -0.25) is 4.79 Å². The van der Waals surface area contributed by atoms with Crippen molar-refractivity contribution in [2.45, 2.75) is 6.42 Å². The summed E-state index contributed by atoms with van der Waals surface area (Å²) in [4.78, 5) is 18.3. The van der Waals surface area contributed by atoms with E-state index in [9.17, 15) is 9.90 Å². The van der Waals surface area contributed by atoms with E-state index in [1.54, 1.807) is 12.1 Å². The van der Waals surface area contributed by atoms with Crippen LogP contribution in [0.15, 0.2) is 23.0 Å². The molecule has 0 amide bonds. The predicted molar refractivity (Wildman–Crippen MR) is 56.8 cm³/mol. The number of rotatable bonds is 2. The van der Waals surface area contributed by atoms with Gasteiger partial charge in [0.15, 0.2) is 0 Å². The number of aromatic hydroxyl groups is 1. The van der Waals surface area contributed by atoms with Crippen molar-refractivity contribution in [3.8, 4) is 5.75 Å². The maximum absolute atomic E-state index is 11.6. The lowest BCUT2D eigenvalue weighted by Gasteiger charge is -2.02. The van der Waals surface area contributed by atoms with Gasteiger partial charge < -0.3 is 15.8 Å². The Morgan fingerprint density at radius 3 is 3.00 bits per heavy atom. The molecular weight excluding hydrogens is 194 g/mol. The number of benzene rings is 1. The van der Waals surface area contributed by atoms with Crippen molar-refractivity contribution in [1.29, 1.82) is 0 Å². The predicted octanol–water partition coefficient (Wildman–Crippen LogP) is 0.130. The van der Waals surface area contributed by atoms with Gasteiger partial charge in [-0.15, -0.1) is 0 Å². The van der Waals surface area contributed by atoms with Crippen LogP contribution in [0.5, 0.6) is 5.75 Å². The van der Waals surface area contributed by atoms with Gasteiger partial charge in [0.05, 0.1) is 5.39 Å². The first-order valence-corrected chi connectivity index (χ1v) is 4.63. The molecule has 15 heavy (non-hydrogen) atoms. The molecular formula is C10H11N3O2. The van der Waals surface area contributed by atoms with E-state index in [-0.39, 0.29) is 11.3 Å². The van der Waals surface area contributed by atoms with Crippen molar-refractivity contribution < 1.29 is 5.11 Å². The highest BCUT2D eigenvalue weighted by Crippen LogP contribution is 2.18. The molecule has 0 atom stereocenters. The van der Waals surface area contributed by atoms with Gasteiger partial charge >= 0.3 is 0 Å². The average molecular weight is 205 g/mol. The third-order valence-electron chi connectivity index (χ3n) is 2.15. The SMILES string of the molecule is NCCc1nc2c(O)cccc2c(=O)[nH]1. The summed E-state index contributed by atoms with van der Waals surface area (Å²) < 4.78 is 0. The Morgan fingerprint density at radius 2 is 2.27 bits per heavy atom. The summed E-state index contributed by atoms with van der Waals surface area (Å²) in [7, 11) is 0. The van der Waals surface area contributed by atoms with Crippen LogP contribution in [0.2, 0.25) is 0 Å². The second-order valence-electron chi connectivity index (χ2n) is 3.22. The molecule has 78 valence electrons. The number of phenolic OH excluding ortho intramolecular Hbond substituents is 1. The molecule has 0 aliphatic carbocycles. The minimum atomic E-state index is -0.251. The minimum absolute atomic E-state index is 0.0110. The van der Waals surface area contributed by atoms with Crippen LogP contribution in [0.1, 0.15) is 5.82 Å². The Morgan fingerprint density at radius 1 is 1.47 bits per heavy atom. The highest BCUT2D eigenvalue weighted by atomic mass is 16.3. The fourth-order valence-corrected chi connectivity index (χ4v) is 1.45. The first kappa shape index (κ1) is 9.67. The van der Waals surface area contributed by atoms with Gasteiger partial charge in [-0.1, -0.05) is 6.07 Å². The second-order valence-corrected chi connectivity index (χ2v) is 3.22. The molecule has 4 N–H and O–H groups in total. The Labute approximate surface area is 85.6 Å². The van der Waals surface area contributed by atoms with E-state index >= 15 is 0 Å². The molecule has 1 aromatic heterocycles. The molecule has 1 aromatic carbocycles. The maximum atomic E-state index is 11.6. The molecule has 0 saturated carbocycles. The fourth-order valence-electron chi connectivity index (χ4n) is 1.45. The molecule has 0 fully saturated rings. The van der Waals surface area contributed by atoms with Gasteiger partial charge in [0.2, 0.25) is 0 Å². The smallest absolute Gasteiger partial charge is 0.258 e. The summed E-state index contributed by atoms with van der Waals surface area (Å²) >= 11 is 0. The first-order valence-electron chi connectivity index (χ1n) is 4.63. The Balaban J connectivity index is 2.74. The van der Waals surface area contributed by atoms with E-state index in [1.165, 1.54) is 6.07 Å². The average Bonchev–Trinajstić information content (AvgIpc) is 2.20. The topological polar surface area (TPSA) is 92.0 Å². The summed E-state index contributed by atoms with van der Waals surface area (Å²) in [5.41, 5.74) is 5.44. The van der Waals surface area contributed by atoms with Crippen molar-refractivity contribution in [3.63, 3.8) is 0 Å². The van der Waals surface area contributed by atoms with E-state index in [2.05, 4.69) is 9.97 Å². The zero-order valence-corrected chi connectivity index (χ0v) is 8.03. The van der Waals surface area contributed by atoms with Crippen molar-refractivity contribution in [2.75, 3.05) is 6.54 Å². The molecule has 0 spiro atoms. The third kappa shape index (κ3) is 1.69. The summed E-state index contributed by atoms with van der Waals surface area (Å²) in [6, 6.07) is 4.73. The number of H-pyrrole nitrogens is 1. The lowest BCUT2D eigenvalue weighted by molar-refractivity contribution is 0.480. The van der Waals surface area contributed by atoms with E-state index in [0.717, 1.165) is 0 Å². The van der Waals surface area contributed by atoms with Crippen molar-refractivity contribution in [2.24, 2.45) is 5.73 Å². The van der Waals surface area contributed by atoms with Gasteiger partial charge in [0.1, 0.15) is 17.1 Å². The van der Waals surface area contributed by atoms with E-state index in [1.807, 2.05) is 0 Å². The number of nitrogens with one attached hydrogen (secondary N) is 1. The summed E-state index contributed by atoms with van der Waals surface area (Å²) in [6.07, 6.45) is 0.486. The van der Waals surface area contributed by atoms with Crippen LogP contribution in [0.3, 0.4) is 0 Å². The molecule has 5 nitrogen and oxygen atoms in total.